The fraction of sp³-hybridized carbons (Fsp3) is 0.565. The highest BCUT2D eigenvalue weighted by Gasteiger charge is 2.25. The molecule has 2 fully saturated rings. The Balaban J connectivity index is 0.000000187. The fourth-order valence-corrected chi connectivity index (χ4v) is 6.13. The number of H-pyrrole nitrogens is 2. The molecule has 0 aliphatic carbocycles. The van der Waals surface area contributed by atoms with Crippen molar-refractivity contribution in [3.8, 4) is 0 Å². The Bertz CT molecular complexity index is 1650. The second-order valence-corrected chi connectivity index (χ2v) is 14.1. The first-order valence-corrected chi connectivity index (χ1v) is 16.9. The lowest BCUT2D eigenvalue weighted by Gasteiger charge is -2.30. The number of piperidine rings is 2. The lowest BCUT2D eigenvalue weighted by atomic mass is 10.1. The van der Waals surface area contributed by atoms with Gasteiger partial charge in [-0.25, -0.2) is 35.4 Å². The van der Waals surface area contributed by atoms with Gasteiger partial charge in [0.25, 0.3) is 0 Å². The minimum Gasteiger partial charge on any atom is -0.351 e. The first-order chi connectivity index (χ1) is 19.4. The van der Waals surface area contributed by atoms with E-state index in [1.165, 1.54) is 21.1 Å². The van der Waals surface area contributed by atoms with Gasteiger partial charge in [0, 0.05) is 50.7 Å². The molecule has 2 aliphatic heterocycles. The van der Waals surface area contributed by atoms with E-state index in [0.717, 1.165) is 36.5 Å². The lowest BCUT2D eigenvalue weighted by Crippen LogP contribution is -2.42. The number of nitrogens with two attached hydrogens (primary N) is 1. The topological polar surface area (TPSA) is 222 Å². The van der Waals surface area contributed by atoms with Crippen LogP contribution in [0.4, 0.5) is 5.95 Å². The molecule has 16 nitrogen and oxygen atoms in total. The zero-order chi connectivity index (χ0) is 29.6. The van der Waals surface area contributed by atoms with Crippen LogP contribution in [0.5, 0.6) is 0 Å². The number of fused-ring (bicyclic) bond motifs is 2. The van der Waals surface area contributed by atoms with Crippen molar-refractivity contribution in [3.05, 3.63) is 30.1 Å². The predicted molar refractivity (Wildman–Crippen MR) is 162 cm³/mol. The summed E-state index contributed by atoms with van der Waals surface area (Å²) >= 11 is 5.51. The Morgan fingerprint density at radius 2 is 1.29 bits per heavy atom. The van der Waals surface area contributed by atoms with E-state index in [1.807, 2.05) is 0 Å². The quantitative estimate of drug-likeness (QED) is 0.230. The van der Waals surface area contributed by atoms with E-state index in [1.54, 1.807) is 24.8 Å². The van der Waals surface area contributed by atoms with E-state index < -0.39 is 20.0 Å². The molecular weight excluding hydrogens is 608 g/mol. The third kappa shape index (κ3) is 9.50. The number of nitrogens with one attached hydrogen (secondary N) is 3. The molecule has 0 radical (unpaired) electrons. The van der Waals surface area contributed by atoms with Gasteiger partial charge in [-0.05, 0) is 37.3 Å². The number of aromatic nitrogens is 8. The van der Waals surface area contributed by atoms with Crippen LogP contribution in [0.15, 0.2) is 24.8 Å². The molecular formula is C23H37ClN12O4S2. The molecule has 232 valence electrons. The van der Waals surface area contributed by atoms with Crippen LogP contribution in [-0.2, 0) is 20.0 Å². The van der Waals surface area contributed by atoms with Crippen molar-refractivity contribution in [2.45, 2.75) is 45.2 Å². The average Bonchev–Trinajstić information content (AvgIpc) is 3.58. The van der Waals surface area contributed by atoms with E-state index >= 15 is 0 Å². The van der Waals surface area contributed by atoms with E-state index in [4.69, 9.17) is 17.3 Å². The van der Waals surface area contributed by atoms with Gasteiger partial charge < -0.3 is 11.1 Å². The van der Waals surface area contributed by atoms with E-state index in [9.17, 15) is 16.8 Å². The number of anilines is 1. The third-order valence-corrected chi connectivity index (χ3v) is 9.37. The molecule has 0 aromatic carbocycles. The van der Waals surface area contributed by atoms with Crippen LogP contribution in [0.3, 0.4) is 0 Å². The highest BCUT2D eigenvalue weighted by Crippen LogP contribution is 2.17. The summed E-state index contributed by atoms with van der Waals surface area (Å²) in [7, 11) is -6.05. The van der Waals surface area contributed by atoms with Crippen LogP contribution in [-0.4, -0.2) is 117 Å². The van der Waals surface area contributed by atoms with Gasteiger partial charge in [-0.3, -0.25) is 10.2 Å². The summed E-state index contributed by atoms with van der Waals surface area (Å²) in [6.07, 6.45) is 12.2. The molecule has 2 saturated heterocycles. The van der Waals surface area contributed by atoms with E-state index in [0.29, 0.717) is 43.4 Å². The van der Waals surface area contributed by atoms with Crippen LogP contribution in [0, 0.1) is 0 Å². The normalized spacial score (nSPS) is 17.5. The minimum absolute atomic E-state index is 0. The molecule has 0 unspecified atom stereocenters. The molecule has 2 aliphatic rings. The van der Waals surface area contributed by atoms with E-state index in [-0.39, 0.29) is 24.8 Å². The van der Waals surface area contributed by atoms with Gasteiger partial charge in [-0.15, -0.1) is 0 Å². The van der Waals surface area contributed by atoms with Crippen molar-refractivity contribution in [1.29, 1.82) is 0 Å². The summed E-state index contributed by atoms with van der Waals surface area (Å²) in [5, 5.41) is 18.3. The lowest BCUT2D eigenvalue weighted by molar-refractivity contribution is 0.322. The van der Waals surface area contributed by atoms with Crippen molar-refractivity contribution < 1.29 is 16.8 Å². The van der Waals surface area contributed by atoms with Gasteiger partial charge in [0.15, 0.2) is 11.3 Å². The van der Waals surface area contributed by atoms with Crippen molar-refractivity contribution in [2.24, 2.45) is 5.73 Å². The summed E-state index contributed by atoms with van der Waals surface area (Å²) in [5.41, 5.74) is 6.98. The second kappa shape index (κ2) is 14.4. The number of hydrogen-bond donors (Lipinski definition) is 4. The third-order valence-electron chi connectivity index (χ3n) is 6.58. The number of rotatable bonds is 4. The summed E-state index contributed by atoms with van der Waals surface area (Å²) in [5.74, 6) is 0.541. The fourth-order valence-electron chi connectivity index (χ4n) is 4.25. The molecule has 6 heterocycles. The minimum atomic E-state index is -3.08. The summed E-state index contributed by atoms with van der Waals surface area (Å²) in [6.45, 7) is 2.23. The molecule has 6 rings (SSSR count). The number of halogens is 1. The molecule has 0 bridgehead atoms. The zero-order valence-electron chi connectivity index (χ0n) is 22.6. The van der Waals surface area contributed by atoms with Crippen molar-refractivity contribution >= 4 is 59.7 Å². The number of sulfonamides is 2. The Labute approximate surface area is 250 Å². The summed E-state index contributed by atoms with van der Waals surface area (Å²) in [4.78, 5) is 16.2. The second-order valence-electron chi connectivity index (χ2n) is 9.76. The molecule has 0 saturated carbocycles. The largest absolute Gasteiger partial charge is 0.351 e. The van der Waals surface area contributed by atoms with Crippen molar-refractivity contribution in [1.82, 2.24) is 48.9 Å². The van der Waals surface area contributed by atoms with Gasteiger partial charge in [-0.2, -0.15) is 20.2 Å². The maximum atomic E-state index is 11.4. The molecule has 0 amide bonds. The van der Waals surface area contributed by atoms with E-state index in [2.05, 4.69) is 45.6 Å². The Morgan fingerprint density at radius 1 is 0.810 bits per heavy atom. The monoisotopic (exact) mass is 644 g/mol. The predicted octanol–water partition coefficient (Wildman–Crippen LogP) is 1.20. The maximum Gasteiger partial charge on any atom is 0.224 e. The maximum absolute atomic E-state index is 11.4. The molecule has 5 N–H and O–H groups in total. The highest BCUT2D eigenvalue weighted by atomic mass is 35.5. The molecule has 4 aromatic heterocycles. The van der Waals surface area contributed by atoms with Crippen LogP contribution < -0.4 is 11.1 Å². The van der Waals surface area contributed by atoms with Crippen molar-refractivity contribution in [2.75, 3.05) is 44.0 Å². The number of nitrogens with zero attached hydrogens (tertiary/aromatic N) is 8. The Morgan fingerprint density at radius 3 is 1.81 bits per heavy atom. The number of hydrogen-bond acceptors (Lipinski definition) is 12. The van der Waals surface area contributed by atoms with Crippen LogP contribution in [0.1, 0.15) is 33.1 Å². The van der Waals surface area contributed by atoms with Gasteiger partial charge in [0.1, 0.15) is 0 Å². The van der Waals surface area contributed by atoms with Gasteiger partial charge >= 0.3 is 0 Å². The zero-order valence-corrected chi connectivity index (χ0v) is 25.0. The standard InChI is InChI=1S/C11H16N6O2S.C6H14N2O2S.C5H3ClN4.CH4/c1-20(18,19)17-4-2-9(3-5-17)14-11-12-6-8-7-13-16-10(8)15-11;1-11(9,10)8-4-2-6(7)3-5-8;6-5-7-1-3-2-8-10-4(3)9-5;/h6-7,9H,2-5H2,1H3,(H2,12,13,14,15,16);6H,2-5,7H2,1H3;1-2H,(H,7,8,9,10);1H4. The molecule has 4 aromatic rings. The first kappa shape index (κ1) is 33.5. The summed E-state index contributed by atoms with van der Waals surface area (Å²) < 4.78 is 47.8. The smallest absolute Gasteiger partial charge is 0.224 e. The Hall–Kier alpha value is -3.03. The summed E-state index contributed by atoms with van der Waals surface area (Å²) in [6, 6.07) is 0.376. The van der Waals surface area contributed by atoms with Crippen LogP contribution in [0.2, 0.25) is 5.28 Å². The van der Waals surface area contributed by atoms with Gasteiger partial charge in [0.2, 0.25) is 31.3 Å². The SMILES string of the molecule is C.CS(=O)(=O)N1CCC(N)CC1.CS(=O)(=O)N1CCC(Nc2ncc3cn[nH]c3n2)CC1.Clc1ncc2cn[nH]c2n1. The number of aromatic amines is 2. The van der Waals surface area contributed by atoms with Crippen LogP contribution >= 0.6 is 11.6 Å². The highest BCUT2D eigenvalue weighted by molar-refractivity contribution is 7.88. The molecule has 0 atom stereocenters. The molecule has 0 spiro atoms. The van der Waals surface area contributed by atoms with Crippen molar-refractivity contribution in [3.63, 3.8) is 0 Å². The van der Waals surface area contributed by atoms with Crippen LogP contribution in [0.25, 0.3) is 22.1 Å². The first-order valence-electron chi connectivity index (χ1n) is 12.8. The Kier molecular flexibility index (Phi) is 11.5. The van der Waals surface area contributed by atoms with Gasteiger partial charge in [-0.1, -0.05) is 7.43 Å². The molecule has 42 heavy (non-hydrogen) atoms. The van der Waals surface area contributed by atoms with Gasteiger partial charge in [0.05, 0.1) is 35.7 Å². The molecule has 19 heteroatoms. The average molecular weight is 645 g/mol.